The smallest absolute Gasteiger partial charge is 0.373 e. The van der Waals surface area contributed by atoms with E-state index in [0.717, 1.165) is 11.3 Å². The molecule has 0 unspecified atom stereocenters. The summed E-state index contributed by atoms with van der Waals surface area (Å²) in [7, 11) is 0. The van der Waals surface area contributed by atoms with Crippen molar-refractivity contribution in [2.45, 2.75) is 0 Å². The zero-order chi connectivity index (χ0) is 24.8. The van der Waals surface area contributed by atoms with Gasteiger partial charge < -0.3 is 26.7 Å². The maximum absolute atomic E-state index is 8.73. The Balaban J connectivity index is 0.000000190. The van der Waals surface area contributed by atoms with Crippen molar-refractivity contribution < 1.29 is 19.1 Å². The summed E-state index contributed by atoms with van der Waals surface area (Å²) in [6.07, 6.45) is 3.46. The number of fused-ring (bicyclic) bond motifs is 1. The number of anilines is 3. The predicted octanol–water partition coefficient (Wildman–Crippen LogP) is 3.53. The average molecular weight is 458 g/mol. The van der Waals surface area contributed by atoms with Crippen LogP contribution in [0.25, 0.3) is 22.7 Å². The van der Waals surface area contributed by atoms with Gasteiger partial charge in [-0.25, -0.2) is 9.97 Å². The average Bonchev–Trinajstić information content (AvgIpc) is 3.28. The Morgan fingerprint density at radius 2 is 1.41 bits per heavy atom. The molecule has 0 saturated carbocycles. The second-order valence-electron chi connectivity index (χ2n) is 6.37. The van der Waals surface area contributed by atoms with E-state index in [1.54, 1.807) is 12.3 Å². The third kappa shape index (κ3) is 8.14. The highest BCUT2D eigenvalue weighted by atomic mass is 16.3. The molecule has 5 aromatic rings. The van der Waals surface area contributed by atoms with E-state index in [4.69, 9.17) is 36.3 Å². The van der Waals surface area contributed by atoms with Crippen molar-refractivity contribution in [3.63, 3.8) is 0 Å². The number of nitrogen functional groups attached to an aromatic ring is 3. The minimum Gasteiger partial charge on any atom is -0.504 e. The highest BCUT2D eigenvalue weighted by Gasteiger charge is 2.08. The number of pyridine rings is 2. The molecule has 34 heavy (non-hydrogen) atoms. The first kappa shape index (κ1) is 25.1. The van der Waals surface area contributed by atoms with Crippen LogP contribution in [0.1, 0.15) is 0 Å². The second-order valence-corrected chi connectivity index (χ2v) is 6.37. The van der Waals surface area contributed by atoms with E-state index in [9.17, 15) is 0 Å². The lowest BCUT2D eigenvalue weighted by Gasteiger charge is -1.95. The number of hydrogen-bond donors (Lipinski definition) is 4. The molecule has 10 heteroatoms. The molecule has 172 valence electrons. The van der Waals surface area contributed by atoms with Crippen LogP contribution in [0.3, 0.4) is 0 Å². The van der Waals surface area contributed by atoms with Crippen LogP contribution in [0, 0.1) is 0 Å². The van der Waals surface area contributed by atoms with Crippen LogP contribution < -0.4 is 17.2 Å². The fourth-order valence-corrected chi connectivity index (χ4v) is 2.43. The first-order valence-corrected chi connectivity index (χ1v) is 9.71. The zero-order valence-electron chi connectivity index (χ0n) is 17.9. The molecule has 0 saturated heterocycles. The number of oxazole rings is 1. The third-order valence-corrected chi connectivity index (χ3v) is 3.91. The van der Waals surface area contributed by atoms with E-state index >= 15 is 0 Å². The van der Waals surface area contributed by atoms with Gasteiger partial charge >= 0.3 is 6.15 Å². The molecule has 5 rings (SSSR count). The van der Waals surface area contributed by atoms with E-state index in [1.807, 2.05) is 66.7 Å². The lowest BCUT2D eigenvalue weighted by atomic mass is 10.2. The van der Waals surface area contributed by atoms with Crippen molar-refractivity contribution >= 4 is 34.6 Å². The van der Waals surface area contributed by atoms with Crippen molar-refractivity contribution in [2.75, 3.05) is 17.2 Å². The van der Waals surface area contributed by atoms with Crippen molar-refractivity contribution in [2.24, 2.45) is 0 Å². The van der Waals surface area contributed by atoms with E-state index in [2.05, 4.69) is 15.0 Å². The predicted molar refractivity (Wildman–Crippen MR) is 128 cm³/mol. The second kappa shape index (κ2) is 13.3. The van der Waals surface area contributed by atoms with Gasteiger partial charge in [0.2, 0.25) is 5.89 Å². The van der Waals surface area contributed by atoms with Gasteiger partial charge in [0.05, 0.1) is 0 Å². The largest absolute Gasteiger partial charge is 0.504 e. The molecule has 0 bridgehead atoms. The number of benzene rings is 2. The number of para-hydroxylation sites is 1. The van der Waals surface area contributed by atoms with Crippen molar-refractivity contribution in [1.29, 1.82) is 0 Å². The summed E-state index contributed by atoms with van der Waals surface area (Å²) < 4.78 is 5.58. The van der Waals surface area contributed by atoms with Crippen LogP contribution in [0.5, 0.6) is 5.75 Å². The molecule has 0 radical (unpaired) electrons. The minimum atomic E-state index is 0.0347. The molecule has 0 fully saturated rings. The van der Waals surface area contributed by atoms with Crippen molar-refractivity contribution in [3.8, 4) is 17.2 Å². The van der Waals surface area contributed by atoms with Crippen molar-refractivity contribution in [1.82, 2.24) is 15.0 Å². The first-order valence-electron chi connectivity index (χ1n) is 9.71. The van der Waals surface area contributed by atoms with Crippen LogP contribution in [0.4, 0.5) is 17.2 Å². The zero-order valence-corrected chi connectivity index (χ0v) is 17.9. The lowest BCUT2D eigenvalue weighted by Crippen LogP contribution is -1.87. The summed E-state index contributed by atoms with van der Waals surface area (Å²) in [5.74, 6) is 0.751. The van der Waals surface area contributed by atoms with E-state index < -0.39 is 0 Å². The van der Waals surface area contributed by atoms with Crippen molar-refractivity contribution in [3.05, 3.63) is 91.3 Å². The summed E-state index contributed by atoms with van der Waals surface area (Å²) >= 11 is 0. The van der Waals surface area contributed by atoms with Crippen LogP contribution in [0.15, 0.2) is 95.7 Å². The number of aromatic nitrogens is 3. The Labute approximate surface area is 194 Å². The number of aromatic hydroxyl groups is 1. The fraction of sp³-hybridized carbons (Fsp3) is 0. The highest BCUT2D eigenvalue weighted by molar-refractivity contribution is 5.72. The normalized spacial score (nSPS) is 9.18. The lowest BCUT2D eigenvalue weighted by molar-refractivity contribution is -0.191. The first-order chi connectivity index (χ1) is 16.4. The Morgan fingerprint density at radius 1 is 0.765 bits per heavy atom. The summed E-state index contributed by atoms with van der Waals surface area (Å²) in [4.78, 5) is 28.3. The van der Waals surface area contributed by atoms with Gasteiger partial charge in [-0.2, -0.15) is 14.6 Å². The molecule has 0 spiro atoms. The van der Waals surface area contributed by atoms with Gasteiger partial charge in [0.15, 0.2) is 22.8 Å². The molecule has 3 heterocycles. The number of nitrogens with zero attached hydrogens (tertiary/aromatic N) is 3. The molecular formula is C24H22N6O4. The molecule has 7 N–H and O–H groups in total. The Kier molecular flexibility index (Phi) is 9.77. The van der Waals surface area contributed by atoms with Gasteiger partial charge in [-0.1, -0.05) is 24.3 Å². The standard InChI is InChI=1S/C12H9N3O.C6H7N.C5H6N2O.CO2/c13-9-4-1-3-8(7-9)12-15-11-10(16-12)5-2-6-14-11;7-6-4-2-1-3-5-6;6-5-4(8)2-1-3-7-5;2-1-3/h1-7H,13H2;1-5H,7H2;1-3,8H,(H2,6,7);. The quantitative estimate of drug-likeness (QED) is 0.271. The number of carbonyl (C=O) groups excluding carboxylic acids is 2. The molecule has 0 aliphatic rings. The minimum absolute atomic E-state index is 0.0347. The number of hydrogen-bond acceptors (Lipinski definition) is 10. The third-order valence-electron chi connectivity index (χ3n) is 3.91. The molecule has 0 amide bonds. The van der Waals surface area contributed by atoms with Crippen LogP contribution in [-0.4, -0.2) is 26.2 Å². The van der Waals surface area contributed by atoms with Crippen LogP contribution in [0.2, 0.25) is 0 Å². The Bertz CT molecular complexity index is 1280. The van der Waals surface area contributed by atoms with Gasteiger partial charge in [0.25, 0.3) is 0 Å². The number of rotatable bonds is 1. The van der Waals surface area contributed by atoms with Crippen LogP contribution >= 0.6 is 0 Å². The maximum Gasteiger partial charge on any atom is 0.373 e. The van der Waals surface area contributed by atoms with E-state index in [-0.39, 0.29) is 17.7 Å². The molecule has 3 aromatic heterocycles. The summed E-state index contributed by atoms with van der Waals surface area (Å²) in [5, 5.41) is 8.73. The fourth-order valence-electron chi connectivity index (χ4n) is 2.43. The summed E-state index contributed by atoms with van der Waals surface area (Å²) in [6, 6.07) is 23.7. The van der Waals surface area contributed by atoms with Gasteiger partial charge in [-0.15, -0.1) is 0 Å². The molecule has 0 atom stereocenters. The van der Waals surface area contributed by atoms with Gasteiger partial charge in [0.1, 0.15) is 0 Å². The Hall–Kier alpha value is -5.21. The van der Waals surface area contributed by atoms with Gasteiger partial charge in [-0.3, -0.25) is 0 Å². The van der Waals surface area contributed by atoms with Gasteiger partial charge in [-0.05, 0) is 54.6 Å². The monoisotopic (exact) mass is 458 g/mol. The summed E-state index contributed by atoms with van der Waals surface area (Å²) in [5.41, 5.74) is 19.9. The van der Waals surface area contributed by atoms with Gasteiger partial charge in [0, 0.05) is 29.3 Å². The van der Waals surface area contributed by atoms with Crippen LogP contribution in [-0.2, 0) is 9.59 Å². The maximum atomic E-state index is 8.73. The Morgan fingerprint density at radius 3 is 1.94 bits per heavy atom. The topological polar surface area (TPSA) is 184 Å². The molecular weight excluding hydrogens is 436 g/mol. The van der Waals surface area contributed by atoms with E-state index in [0.29, 0.717) is 22.8 Å². The summed E-state index contributed by atoms with van der Waals surface area (Å²) in [6.45, 7) is 0. The van der Waals surface area contributed by atoms with E-state index in [1.165, 1.54) is 12.3 Å². The highest BCUT2D eigenvalue weighted by Crippen LogP contribution is 2.24. The SMILES string of the molecule is Nc1cccc(-c2nc3ncccc3o2)c1.Nc1ccccc1.Nc1ncccc1O.O=C=O. The molecule has 2 aromatic carbocycles. The molecule has 0 aliphatic carbocycles. The molecule has 10 nitrogen and oxygen atoms in total. The number of nitrogens with two attached hydrogens (primary N) is 3. The molecule has 0 aliphatic heterocycles.